The van der Waals surface area contributed by atoms with Crippen LogP contribution in [0.3, 0.4) is 0 Å². The van der Waals surface area contributed by atoms with E-state index in [1.165, 1.54) is 12.1 Å². The predicted octanol–water partition coefficient (Wildman–Crippen LogP) is 3.30. The van der Waals surface area contributed by atoms with Gasteiger partial charge >= 0.3 is 6.18 Å². The number of benzene rings is 1. The number of nitrogens with two attached hydrogens (primary N) is 1. The highest BCUT2D eigenvalue weighted by Gasteiger charge is 2.30. The van der Waals surface area contributed by atoms with Gasteiger partial charge in [0, 0.05) is 24.5 Å². The molecule has 8 heteroatoms. The Morgan fingerprint density at radius 1 is 1.14 bits per heavy atom. The molecule has 0 bridgehead atoms. The molecule has 0 saturated heterocycles. The van der Waals surface area contributed by atoms with E-state index in [0.29, 0.717) is 22.7 Å². The molecule has 0 aliphatic rings. The molecule has 0 radical (unpaired) electrons. The van der Waals surface area contributed by atoms with Crippen LogP contribution in [0.4, 0.5) is 13.2 Å². The second-order valence-electron chi connectivity index (χ2n) is 4.48. The molecule has 2 aromatic heterocycles. The minimum absolute atomic E-state index is 0. The molecule has 0 unspecified atom stereocenters. The van der Waals surface area contributed by atoms with Crippen molar-refractivity contribution in [1.29, 1.82) is 0 Å². The minimum atomic E-state index is -4.35. The van der Waals surface area contributed by atoms with E-state index in [1.54, 1.807) is 22.9 Å². The second-order valence-corrected chi connectivity index (χ2v) is 4.48. The summed E-state index contributed by atoms with van der Waals surface area (Å²) < 4.78 is 39.6. The van der Waals surface area contributed by atoms with Gasteiger partial charge < -0.3 is 5.73 Å². The number of hydrogen-bond acceptors (Lipinski definition) is 3. The Hall–Kier alpha value is -2.12. The normalized spacial score (nSPS) is 11.5. The molecule has 1 aromatic carbocycles. The van der Waals surface area contributed by atoms with E-state index in [4.69, 9.17) is 5.73 Å². The lowest BCUT2D eigenvalue weighted by atomic mass is 10.1. The fraction of sp³-hybridized carbons (Fsp3) is 0.143. The van der Waals surface area contributed by atoms with E-state index in [2.05, 4.69) is 9.97 Å². The van der Waals surface area contributed by atoms with Crippen molar-refractivity contribution in [3.8, 4) is 11.3 Å². The van der Waals surface area contributed by atoms with Gasteiger partial charge in [-0.25, -0.2) is 9.97 Å². The van der Waals surface area contributed by atoms with Gasteiger partial charge in [0.1, 0.15) is 0 Å². The number of rotatable bonds is 2. The van der Waals surface area contributed by atoms with Gasteiger partial charge in [0.25, 0.3) is 0 Å². The Balaban J connectivity index is 0.00000176. The first kappa shape index (κ1) is 16.3. The summed E-state index contributed by atoms with van der Waals surface area (Å²) in [5, 5.41) is 0. The van der Waals surface area contributed by atoms with Gasteiger partial charge in [0.15, 0.2) is 0 Å². The lowest BCUT2D eigenvalue weighted by molar-refractivity contribution is -0.137. The van der Waals surface area contributed by atoms with Crippen LogP contribution in [0.5, 0.6) is 0 Å². The number of alkyl halides is 3. The summed E-state index contributed by atoms with van der Waals surface area (Å²) in [5.41, 5.74) is 6.85. The molecular weight excluding hydrogens is 317 g/mol. The van der Waals surface area contributed by atoms with Crippen LogP contribution in [0, 0.1) is 0 Å². The molecule has 2 N–H and O–H groups in total. The maximum atomic E-state index is 12.6. The van der Waals surface area contributed by atoms with Crippen molar-refractivity contribution >= 4 is 18.2 Å². The van der Waals surface area contributed by atoms with Crippen LogP contribution >= 0.6 is 12.4 Å². The van der Waals surface area contributed by atoms with Crippen LogP contribution in [0.15, 0.2) is 42.7 Å². The Bertz CT molecular complexity index is 781. The van der Waals surface area contributed by atoms with Crippen molar-refractivity contribution in [3.05, 3.63) is 54.0 Å². The number of imidazole rings is 1. The molecular formula is C14H12ClF3N4. The number of aromatic nitrogens is 3. The van der Waals surface area contributed by atoms with Crippen LogP contribution < -0.4 is 5.73 Å². The van der Waals surface area contributed by atoms with E-state index in [9.17, 15) is 13.2 Å². The number of halogens is 4. The molecule has 2 heterocycles. The van der Waals surface area contributed by atoms with Crippen LogP contribution in [0.1, 0.15) is 11.3 Å². The Kier molecular flexibility index (Phi) is 4.39. The molecule has 22 heavy (non-hydrogen) atoms. The largest absolute Gasteiger partial charge is 0.416 e. The van der Waals surface area contributed by atoms with Crippen molar-refractivity contribution in [2.75, 3.05) is 0 Å². The van der Waals surface area contributed by atoms with E-state index in [0.717, 1.165) is 12.1 Å². The average molecular weight is 329 g/mol. The summed E-state index contributed by atoms with van der Waals surface area (Å²) in [6, 6.07) is 6.65. The number of hydrogen-bond donors (Lipinski definition) is 1. The summed E-state index contributed by atoms with van der Waals surface area (Å²) in [6.45, 7) is 0.180. The summed E-state index contributed by atoms with van der Waals surface area (Å²) in [6.07, 6.45) is -1.00. The lowest BCUT2D eigenvalue weighted by Crippen LogP contribution is -2.04. The Morgan fingerprint density at radius 3 is 2.41 bits per heavy atom. The van der Waals surface area contributed by atoms with Crippen LogP contribution in [-0.4, -0.2) is 14.4 Å². The molecule has 4 nitrogen and oxygen atoms in total. The highest BCUT2D eigenvalue weighted by molar-refractivity contribution is 5.85. The number of fused-ring (bicyclic) bond motifs is 1. The first-order chi connectivity index (χ1) is 10.0. The average Bonchev–Trinajstić information content (AvgIpc) is 2.85. The molecule has 3 rings (SSSR count). The van der Waals surface area contributed by atoms with Crippen molar-refractivity contribution in [3.63, 3.8) is 0 Å². The highest BCUT2D eigenvalue weighted by atomic mass is 35.5. The van der Waals surface area contributed by atoms with Gasteiger partial charge in [-0.15, -0.1) is 12.4 Å². The fourth-order valence-corrected chi connectivity index (χ4v) is 2.20. The molecule has 0 aliphatic carbocycles. The number of nitrogens with zero attached hydrogens (tertiary/aromatic N) is 3. The highest BCUT2D eigenvalue weighted by Crippen LogP contribution is 2.31. The van der Waals surface area contributed by atoms with Gasteiger partial charge in [0.05, 0.1) is 17.0 Å². The van der Waals surface area contributed by atoms with Crippen LogP contribution in [-0.2, 0) is 12.7 Å². The summed E-state index contributed by atoms with van der Waals surface area (Å²) >= 11 is 0. The molecule has 0 spiro atoms. The van der Waals surface area contributed by atoms with E-state index in [-0.39, 0.29) is 19.0 Å². The third-order valence-electron chi connectivity index (χ3n) is 3.15. The smallest absolute Gasteiger partial charge is 0.325 e. The topological polar surface area (TPSA) is 56.2 Å². The molecule has 0 fully saturated rings. The quantitative estimate of drug-likeness (QED) is 0.785. The summed E-state index contributed by atoms with van der Waals surface area (Å²) in [7, 11) is 0. The van der Waals surface area contributed by atoms with Gasteiger partial charge in [-0.2, -0.15) is 13.2 Å². The van der Waals surface area contributed by atoms with Crippen molar-refractivity contribution < 1.29 is 13.2 Å². The van der Waals surface area contributed by atoms with E-state index < -0.39 is 11.7 Å². The first-order valence-electron chi connectivity index (χ1n) is 6.20. The van der Waals surface area contributed by atoms with Gasteiger partial charge in [-0.3, -0.25) is 4.40 Å². The molecule has 0 atom stereocenters. The molecule has 0 aliphatic heterocycles. The van der Waals surface area contributed by atoms with Crippen molar-refractivity contribution in [1.82, 2.24) is 14.4 Å². The minimum Gasteiger partial charge on any atom is -0.325 e. The van der Waals surface area contributed by atoms with Crippen molar-refractivity contribution in [2.45, 2.75) is 12.7 Å². The maximum Gasteiger partial charge on any atom is 0.416 e. The zero-order valence-electron chi connectivity index (χ0n) is 11.2. The zero-order valence-corrected chi connectivity index (χ0v) is 12.0. The predicted molar refractivity (Wildman–Crippen MR) is 78.6 cm³/mol. The van der Waals surface area contributed by atoms with Gasteiger partial charge in [-0.1, -0.05) is 12.1 Å². The summed E-state index contributed by atoms with van der Waals surface area (Å²) in [5.74, 6) is 0.466. The Labute approximate surface area is 130 Å². The van der Waals surface area contributed by atoms with Crippen LogP contribution in [0.25, 0.3) is 17.0 Å². The zero-order chi connectivity index (χ0) is 15.0. The maximum absolute atomic E-state index is 12.6. The molecule has 116 valence electrons. The van der Waals surface area contributed by atoms with E-state index in [1.807, 2.05) is 0 Å². The standard InChI is InChI=1S/C14H11F3N4.ClH/c15-14(16,17)10-4-2-9(3-5-10)12-11(8-18)20-13-19-6-1-7-21(12)13;/h1-7H,8,18H2;1H. The first-order valence-corrected chi connectivity index (χ1v) is 6.20. The van der Waals surface area contributed by atoms with Gasteiger partial charge in [-0.05, 0) is 18.2 Å². The van der Waals surface area contributed by atoms with Crippen LogP contribution in [0.2, 0.25) is 0 Å². The van der Waals surface area contributed by atoms with E-state index >= 15 is 0 Å². The molecule has 0 saturated carbocycles. The van der Waals surface area contributed by atoms with Crippen molar-refractivity contribution in [2.24, 2.45) is 5.73 Å². The Morgan fingerprint density at radius 2 is 1.82 bits per heavy atom. The monoisotopic (exact) mass is 328 g/mol. The third kappa shape index (κ3) is 2.77. The third-order valence-corrected chi connectivity index (χ3v) is 3.15. The fourth-order valence-electron chi connectivity index (χ4n) is 2.20. The molecule has 3 aromatic rings. The van der Waals surface area contributed by atoms with Gasteiger partial charge in [0.2, 0.25) is 5.78 Å². The molecule has 0 amide bonds. The lowest BCUT2D eigenvalue weighted by Gasteiger charge is -2.08. The second kappa shape index (κ2) is 5.94. The summed E-state index contributed by atoms with van der Waals surface area (Å²) in [4.78, 5) is 8.39. The SMILES string of the molecule is Cl.NCc1nc2ncccn2c1-c1ccc(C(F)(F)F)cc1.